The maximum Gasteiger partial charge on any atom is 0.404 e. The number of hydrogen-bond acceptors (Lipinski definition) is 7. The second-order valence-corrected chi connectivity index (χ2v) is 9.08. The Labute approximate surface area is 232 Å². The number of fused-ring (bicyclic) bond motifs is 1. The number of carbonyl (C=O) groups excluding carboxylic acids is 2. The molecule has 2 heterocycles. The Morgan fingerprint density at radius 3 is 2.52 bits per heavy atom. The summed E-state index contributed by atoms with van der Waals surface area (Å²) in [6, 6.07) is 14.4. The van der Waals surface area contributed by atoms with E-state index >= 15 is 0 Å². The zero-order valence-corrected chi connectivity index (χ0v) is 22.2. The zero-order valence-electron chi connectivity index (χ0n) is 21.4. The van der Waals surface area contributed by atoms with E-state index in [2.05, 4.69) is 30.9 Å². The Morgan fingerprint density at radius 1 is 1.07 bits per heavy atom. The lowest BCUT2D eigenvalue weighted by Gasteiger charge is -2.20. The standard InChI is InChI=1S/C27H25ClN6O6/c1-14-17-13-18(25(37)33-22(17)34-26(30-14)40-2)24(36)32-21-12-16(8-9-19(21)28)23(35)31-20(10-11-29-27(38)39)15-6-4-3-5-7-15/h3-9,12-13,20,29H,10-11H2,1-2H3,(H,31,35)(H,32,36)(H,38,39)(H,30,33,34,37). The summed E-state index contributed by atoms with van der Waals surface area (Å²) >= 11 is 6.30. The van der Waals surface area contributed by atoms with Crippen molar-refractivity contribution in [3.63, 3.8) is 0 Å². The highest BCUT2D eigenvalue weighted by Gasteiger charge is 2.19. The summed E-state index contributed by atoms with van der Waals surface area (Å²) in [6.45, 7) is 1.81. The van der Waals surface area contributed by atoms with Crippen molar-refractivity contribution >= 4 is 46.2 Å². The lowest BCUT2D eigenvalue weighted by Crippen LogP contribution is -2.32. The molecule has 2 aromatic carbocycles. The van der Waals surface area contributed by atoms with Gasteiger partial charge in [-0.1, -0.05) is 41.9 Å². The minimum absolute atomic E-state index is 0.0763. The molecule has 0 saturated heterocycles. The van der Waals surface area contributed by atoms with Crippen molar-refractivity contribution in [1.82, 2.24) is 25.6 Å². The van der Waals surface area contributed by atoms with E-state index in [4.69, 9.17) is 21.4 Å². The first-order valence-electron chi connectivity index (χ1n) is 12.1. The summed E-state index contributed by atoms with van der Waals surface area (Å²) in [5.41, 5.74) is 0.921. The number of pyridine rings is 1. The molecule has 0 saturated carbocycles. The van der Waals surface area contributed by atoms with Crippen LogP contribution in [0.4, 0.5) is 10.5 Å². The molecule has 13 heteroatoms. The molecule has 0 radical (unpaired) electrons. The number of anilines is 1. The van der Waals surface area contributed by atoms with Crippen molar-refractivity contribution in [2.24, 2.45) is 0 Å². The molecule has 3 amide bonds. The van der Waals surface area contributed by atoms with E-state index in [1.807, 2.05) is 30.3 Å². The molecular weight excluding hydrogens is 540 g/mol. The molecule has 0 spiro atoms. The lowest BCUT2D eigenvalue weighted by atomic mass is 10.0. The average Bonchev–Trinajstić information content (AvgIpc) is 2.93. The van der Waals surface area contributed by atoms with E-state index in [9.17, 15) is 19.2 Å². The number of aromatic amines is 1. The van der Waals surface area contributed by atoms with Gasteiger partial charge in [-0.15, -0.1) is 0 Å². The number of halogens is 1. The minimum Gasteiger partial charge on any atom is -0.467 e. The van der Waals surface area contributed by atoms with Crippen molar-refractivity contribution in [2.75, 3.05) is 19.0 Å². The molecule has 5 N–H and O–H groups in total. The first-order valence-corrected chi connectivity index (χ1v) is 12.4. The average molecular weight is 565 g/mol. The van der Waals surface area contributed by atoms with Gasteiger partial charge >= 0.3 is 12.1 Å². The number of nitrogens with zero attached hydrogens (tertiary/aromatic N) is 2. The Hall–Kier alpha value is -4.97. The van der Waals surface area contributed by atoms with Gasteiger partial charge in [0.15, 0.2) is 0 Å². The molecular formula is C27H25ClN6O6. The third-order valence-corrected chi connectivity index (χ3v) is 6.33. The Kier molecular flexibility index (Phi) is 8.60. The van der Waals surface area contributed by atoms with Gasteiger partial charge in [0.05, 0.1) is 29.6 Å². The summed E-state index contributed by atoms with van der Waals surface area (Å²) in [5.74, 6) is -1.22. The van der Waals surface area contributed by atoms with Crippen LogP contribution in [0.2, 0.25) is 5.02 Å². The second-order valence-electron chi connectivity index (χ2n) is 8.68. The number of aromatic nitrogens is 3. The van der Waals surface area contributed by atoms with Crippen LogP contribution in [0.15, 0.2) is 59.4 Å². The first-order chi connectivity index (χ1) is 19.2. The zero-order chi connectivity index (χ0) is 28.8. The van der Waals surface area contributed by atoms with Crippen LogP contribution in [0.1, 0.15) is 44.4 Å². The molecule has 12 nitrogen and oxygen atoms in total. The number of carboxylic acid groups (broad SMARTS) is 1. The molecule has 0 aliphatic rings. The molecule has 0 bridgehead atoms. The van der Waals surface area contributed by atoms with Crippen LogP contribution >= 0.6 is 11.6 Å². The Balaban J connectivity index is 1.56. The SMILES string of the molecule is COc1nc(C)c2cc(C(=O)Nc3cc(C(=O)NC(CCNC(=O)O)c4ccccc4)ccc3Cl)c(=O)[nH]c2n1. The monoisotopic (exact) mass is 564 g/mol. The largest absolute Gasteiger partial charge is 0.467 e. The normalized spacial score (nSPS) is 11.5. The molecule has 2 aromatic heterocycles. The minimum atomic E-state index is -1.16. The number of nitrogens with one attached hydrogen (secondary N) is 4. The Bertz CT molecular complexity index is 1640. The highest BCUT2D eigenvalue weighted by Crippen LogP contribution is 2.25. The van der Waals surface area contributed by atoms with Crippen LogP contribution in [-0.2, 0) is 0 Å². The van der Waals surface area contributed by atoms with E-state index in [1.165, 1.54) is 31.4 Å². The van der Waals surface area contributed by atoms with Gasteiger partial charge in [-0.3, -0.25) is 14.4 Å². The second kappa shape index (κ2) is 12.3. The number of amides is 3. The van der Waals surface area contributed by atoms with Gasteiger partial charge in [-0.05, 0) is 43.2 Å². The van der Waals surface area contributed by atoms with Crippen LogP contribution in [-0.4, -0.2) is 51.6 Å². The van der Waals surface area contributed by atoms with Gasteiger partial charge < -0.3 is 30.8 Å². The van der Waals surface area contributed by atoms with Crippen molar-refractivity contribution in [3.8, 4) is 6.01 Å². The number of H-pyrrole nitrogens is 1. The van der Waals surface area contributed by atoms with E-state index in [0.29, 0.717) is 17.5 Å². The summed E-state index contributed by atoms with van der Waals surface area (Å²) in [5, 5.41) is 17.3. The van der Waals surface area contributed by atoms with Gasteiger partial charge in [0.2, 0.25) is 0 Å². The number of carbonyl (C=O) groups is 3. The number of aryl methyl sites for hydroxylation is 1. The number of rotatable bonds is 9. The molecule has 4 aromatic rings. The molecule has 0 aliphatic heterocycles. The van der Waals surface area contributed by atoms with Crippen molar-refractivity contribution in [1.29, 1.82) is 0 Å². The van der Waals surface area contributed by atoms with Gasteiger partial charge in [-0.2, -0.15) is 9.97 Å². The molecule has 0 fully saturated rings. The molecule has 40 heavy (non-hydrogen) atoms. The molecule has 4 rings (SSSR count). The smallest absolute Gasteiger partial charge is 0.404 e. The van der Waals surface area contributed by atoms with Crippen LogP contribution < -0.4 is 26.2 Å². The number of methoxy groups -OCH3 is 1. The maximum absolute atomic E-state index is 13.2. The van der Waals surface area contributed by atoms with E-state index < -0.39 is 29.5 Å². The fraction of sp³-hybridized carbons (Fsp3) is 0.185. The quantitative estimate of drug-likeness (QED) is 0.204. The summed E-state index contributed by atoms with van der Waals surface area (Å²) < 4.78 is 5.02. The highest BCUT2D eigenvalue weighted by atomic mass is 35.5. The van der Waals surface area contributed by atoms with Gasteiger partial charge in [0.25, 0.3) is 17.4 Å². The summed E-state index contributed by atoms with van der Waals surface area (Å²) in [6.07, 6.45) is -0.859. The third kappa shape index (κ3) is 6.53. The fourth-order valence-electron chi connectivity index (χ4n) is 3.99. The number of hydrogen-bond donors (Lipinski definition) is 5. The Morgan fingerprint density at radius 2 is 1.82 bits per heavy atom. The molecule has 206 valence electrons. The van der Waals surface area contributed by atoms with E-state index in [1.54, 1.807) is 6.92 Å². The van der Waals surface area contributed by atoms with E-state index in [-0.39, 0.29) is 40.0 Å². The third-order valence-electron chi connectivity index (χ3n) is 6.00. The molecule has 1 atom stereocenters. The van der Waals surface area contributed by atoms with Crippen LogP contribution in [0.3, 0.4) is 0 Å². The van der Waals surface area contributed by atoms with Crippen LogP contribution in [0, 0.1) is 6.92 Å². The predicted octanol–water partition coefficient (Wildman–Crippen LogP) is 3.67. The number of benzene rings is 2. The van der Waals surface area contributed by atoms with Crippen molar-refractivity contribution in [2.45, 2.75) is 19.4 Å². The first kappa shape index (κ1) is 28.0. The predicted molar refractivity (Wildman–Crippen MR) is 148 cm³/mol. The van der Waals surface area contributed by atoms with Crippen molar-refractivity contribution in [3.05, 3.63) is 92.4 Å². The van der Waals surface area contributed by atoms with E-state index in [0.717, 1.165) is 5.56 Å². The fourth-order valence-corrected chi connectivity index (χ4v) is 4.16. The van der Waals surface area contributed by atoms with Crippen molar-refractivity contribution < 1.29 is 24.2 Å². The molecule has 1 unspecified atom stereocenters. The summed E-state index contributed by atoms with van der Waals surface area (Å²) in [4.78, 5) is 60.6. The lowest BCUT2D eigenvalue weighted by molar-refractivity contribution is 0.0933. The summed E-state index contributed by atoms with van der Waals surface area (Å²) in [7, 11) is 1.40. The topological polar surface area (TPSA) is 175 Å². The maximum atomic E-state index is 13.2. The molecule has 0 aliphatic carbocycles. The van der Waals surface area contributed by atoms with Crippen LogP contribution in [0.5, 0.6) is 6.01 Å². The van der Waals surface area contributed by atoms with Crippen LogP contribution in [0.25, 0.3) is 11.0 Å². The highest BCUT2D eigenvalue weighted by molar-refractivity contribution is 6.34. The number of ether oxygens (including phenoxy) is 1. The van der Waals surface area contributed by atoms with Gasteiger partial charge in [-0.25, -0.2) is 4.79 Å². The van der Waals surface area contributed by atoms with Gasteiger partial charge in [0.1, 0.15) is 11.2 Å². The van der Waals surface area contributed by atoms with Gasteiger partial charge in [0, 0.05) is 17.5 Å².